The first-order valence-electron chi connectivity index (χ1n) is 11.3. The zero-order valence-electron chi connectivity index (χ0n) is 19.8. The second kappa shape index (κ2) is 11.6. The molecule has 0 saturated heterocycles. The third kappa shape index (κ3) is 5.60. The Morgan fingerprint density at radius 2 is 1.50 bits per heavy atom. The molecule has 0 aliphatic carbocycles. The summed E-state index contributed by atoms with van der Waals surface area (Å²) in [6, 6.07) is 20.5. The van der Waals surface area contributed by atoms with Crippen LogP contribution in [-0.4, -0.2) is 9.97 Å². The highest BCUT2D eigenvalue weighted by molar-refractivity contribution is 7.84. The van der Waals surface area contributed by atoms with E-state index in [9.17, 15) is 10.5 Å². The minimum atomic E-state index is 0.482. The molecule has 182 valence electrons. The Bertz CT molecular complexity index is 1820. The fraction of sp³-hybridized carbons (Fsp3) is 0. The number of fused-ring (bicyclic) bond motifs is 1. The van der Waals surface area contributed by atoms with Crippen molar-refractivity contribution in [1.82, 2.24) is 9.97 Å². The van der Waals surface area contributed by atoms with Crippen molar-refractivity contribution in [1.29, 1.82) is 10.5 Å². The van der Waals surface area contributed by atoms with Crippen LogP contribution >= 0.6 is 46.6 Å². The number of nitriles is 2. The van der Waals surface area contributed by atoms with Crippen molar-refractivity contribution < 1.29 is 0 Å². The standard InChI is InChI=1S/C30H18N4S4/c1-2-4-27(35)19(15-31)11-23-6-8-29(37-23)21-13-25-26(33-17-21)14-22(18-34-25)30-9-7-24(38-30)12-20(16-32)28-5-3-10-36-28/h2-14,17-18,35H,1H2/b19-11+,20-12+,27-4-. The molecule has 0 saturated carbocycles. The van der Waals surface area contributed by atoms with Crippen LogP contribution in [0.4, 0.5) is 0 Å². The summed E-state index contributed by atoms with van der Waals surface area (Å²) in [5.41, 5.74) is 4.71. The molecule has 5 rings (SSSR count). The zero-order chi connectivity index (χ0) is 26.5. The summed E-state index contributed by atoms with van der Waals surface area (Å²) in [4.78, 5) is 15.0. The van der Waals surface area contributed by atoms with Gasteiger partial charge in [-0.3, -0.25) is 9.97 Å². The molecule has 5 heterocycles. The van der Waals surface area contributed by atoms with Gasteiger partial charge in [0.1, 0.15) is 12.1 Å². The highest BCUT2D eigenvalue weighted by Crippen LogP contribution is 2.34. The summed E-state index contributed by atoms with van der Waals surface area (Å²) in [5.74, 6) is 0. The lowest BCUT2D eigenvalue weighted by Crippen LogP contribution is -1.86. The smallest absolute Gasteiger partial charge is 0.101 e. The number of hydrogen-bond donors (Lipinski definition) is 1. The number of hydrogen-bond acceptors (Lipinski definition) is 8. The number of thiophene rings is 3. The van der Waals surface area contributed by atoms with Crippen LogP contribution in [0.5, 0.6) is 0 Å². The maximum absolute atomic E-state index is 9.55. The van der Waals surface area contributed by atoms with Crippen molar-refractivity contribution in [2.45, 2.75) is 0 Å². The predicted molar refractivity (Wildman–Crippen MR) is 165 cm³/mol. The lowest BCUT2D eigenvalue weighted by molar-refractivity contribution is 1.34. The molecule has 0 bridgehead atoms. The zero-order valence-corrected chi connectivity index (χ0v) is 23.2. The highest BCUT2D eigenvalue weighted by Gasteiger charge is 2.10. The van der Waals surface area contributed by atoms with E-state index in [0.717, 1.165) is 46.5 Å². The van der Waals surface area contributed by atoms with E-state index in [2.05, 4.69) is 41.3 Å². The Morgan fingerprint density at radius 3 is 2.03 bits per heavy atom. The van der Waals surface area contributed by atoms with Crippen LogP contribution in [0.2, 0.25) is 0 Å². The van der Waals surface area contributed by atoms with Gasteiger partial charge < -0.3 is 0 Å². The van der Waals surface area contributed by atoms with Gasteiger partial charge in [-0.2, -0.15) is 10.5 Å². The first-order valence-corrected chi connectivity index (χ1v) is 14.3. The largest absolute Gasteiger partial charge is 0.254 e. The molecule has 4 nitrogen and oxygen atoms in total. The minimum Gasteiger partial charge on any atom is -0.254 e. The third-order valence-electron chi connectivity index (χ3n) is 5.51. The Kier molecular flexibility index (Phi) is 7.78. The normalized spacial score (nSPS) is 12.3. The lowest BCUT2D eigenvalue weighted by Gasteiger charge is -2.03. The number of rotatable bonds is 7. The van der Waals surface area contributed by atoms with Crippen molar-refractivity contribution >= 4 is 75.4 Å². The molecule has 0 amide bonds. The van der Waals surface area contributed by atoms with E-state index in [4.69, 9.17) is 0 Å². The van der Waals surface area contributed by atoms with Crippen LogP contribution in [0, 0.1) is 22.7 Å². The molecular formula is C30H18N4S4. The van der Waals surface area contributed by atoms with Gasteiger partial charge in [-0.25, -0.2) is 0 Å². The molecule has 0 unspecified atom stereocenters. The Balaban J connectivity index is 1.39. The Labute approximate surface area is 237 Å². The summed E-state index contributed by atoms with van der Waals surface area (Å²) in [6.07, 6.45) is 10.8. The van der Waals surface area contributed by atoms with Crippen molar-refractivity contribution in [2.24, 2.45) is 0 Å². The van der Waals surface area contributed by atoms with Gasteiger partial charge in [0, 0.05) is 52.8 Å². The molecule has 38 heavy (non-hydrogen) atoms. The Morgan fingerprint density at radius 1 is 0.868 bits per heavy atom. The molecule has 0 N–H and O–H groups in total. The summed E-state index contributed by atoms with van der Waals surface area (Å²) in [5, 5.41) is 21.0. The van der Waals surface area contributed by atoms with Crippen molar-refractivity contribution in [3.05, 3.63) is 110 Å². The fourth-order valence-electron chi connectivity index (χ4n) is 3.68. The van der Waals surface area contributed by atoms with Gasteiger partial charge in [0.2, 0.25) is 0 Å². The molecule has 0 aromatic carbocycles. The van der Waals surface area contributed by atoms with E-state index in [1.54, 1.807) is 46.2 Å². The molecule has 0 aliphatic heterocycles. The van der Waals surface area contributed by atoms with E-state index in [-0.39, 0.29) is 0 Å². The minimum absolute atomic E-state index is 0.482. The topological polar surface area (TPSA) is 73.4 Å². The van der Waals surface area contributed by atoms with E-state index >= 15 is 0 Å². The first kappa shape index (κ1) is 25.6. The SMILES string of the molecule is C=C/C=C(S)/C(C#N)=C/c1ccc(-c2cnc3cc(-c4ccc(/C=C(\C#N)c5cccs5)s4)cnc3c2)s1. The van der Waals surface area contributed by atoms with Crippen molar-refractivity contribution in [3.63, 3.8) is 0 Å². The van der Waals surface area contributed by atoms with Crippen LogP contribution in [-0.2, 0) is 0 Å². The van der Waals surface area contributed by atoms with Gasteiger partial charge in [0.25, 0.3) is 0 Å². The van der Waals surface area contributed by atoms with Crippen LogP contribution in [0.3, 0.4) is 0 Å². The average Bonchev–Trinajstić information content (AvgIpc) is 3.72. The van der Waals surface area contributed by atoms with Gasteiger partial charge in [-0.05, 0) is 66.1 Å². The van der Waals surface area contributed by atoms with E-state index < -0.39 is 0 Å². The molecule has 0 spiro atoms. The van der Waals surface area contributed by atoms with Crippen LogP contribution in [0.1, 0.15) is 14.6 Å². The van der Waals surface area contributed by atoms with Gasteiger partial charge in [0.05, 0.1) is 22.2 Å². The summed E-state index contributed by atoms with van der Waals surface area (Å²) >= 11 is 9.12. The number of pyridine rings is 2. The first-order chi connectivity index (χ1) is 18.6. The summed E-state index contributed by atoms with van der Waals surface area (Å²) in [6.45, 7) is 3.65. The van der Waals surface area contributed by atoms with E-state index in [0.29, 0.717) is 16.1 Å². The van der Waals surface area contributed by atoms with Crippen LogP contribution < -0.4 is 0 Å². The maximum atomic E-state index is 9.55. The highest BCUT2D eigenvalue weighted by atomic mass is 32.1. The Hall–Kier alpha value is -4.05. The lowest BCUT2D eigenvalue weighted by atomic mass is 10.1. The van der Waals surface area contributed by atoms with Gasteiger partial charge in [-0.1, -0.05) is 18.7 Å². The monoisotopic (exact) mass is 562 g/mol. The number of nitrogens with zero attached hydrogens (tertiary/aromatic N) is 4. The van der Waals surface area contributed by atoms with Gasteiger partial charge in [-0.15, -0.1) is 46.6 Å². The number of aromatic nitrogens is 2. The molecule has 0 fully saturated rings. The van der Waals surface area contributed by atoms with Gasteiger partial charge in [0.15, 0.2) is 0 Å². The van der Waals surface area contributed by atoms with E-state index in [1.165, 1.54) is 0 Å². The summed E-state index contributed by atoms with van der Waals surface area (Å²) in [7, 11) is 0. The summed E-state index contributed by atoms with van der Waals surface area (Å²) < 4.78 is 0. The molecule has 8 heteroatoms. The predicted octanol–water partition coefficient (Wildman–Crippen LogP) is 9.12. The number of allylic oxidation sites excluding steroid dienone is 4. The third-order valence-corrected chi connectivity index (χ3v) is 8.96. The number of thiol groups is 1. The maximum Gasteiger partial charge on any atom is 0.101 e. The molecule has 0 atom stereocenters. The van der Waals surface area contributed by atoms with E-state index in [1.807, 2.05) is 78.5 Å². The molecule has 5 aromatic rings. The van der Waals surface area contributed by atoms with Crippen molar-refractivity contribution in [3.8, 4) is 33.0 Å². The fourth-order valence-corrected chi connectivity index (χ4v) is 6.46. The second-order valence-electron chi connectivity index (χ2n) is 7.99. The van der Waals surface area contributed by atoms with Crippen LogP contribution in [0.25, 0.3) is 49.6 Å². The molecule has 5 aromatic heterocycles. The average molecular weight is 563 g/mol. The van der Waals surface area contributed by atoms with Gasteiger partial charge >= 0.3 is 0 Å². The van der Waals surface area contributed by atoms with Crippen molar-refractivity contribution in [2.75, 3.05) is 0 Å². The quantitative estimate of drug-likeness (QED) is 0.122. The molecular weight excluding hydrogens is 545 g/mol. The van der Waals surface area contributed by atoms with Crippen LogP contribution in [0.15, 0.2) is 95.5 Å². The molecule has 0 aliphatic rings. The second-order valence-corrected chi connectivity index (χ2v) is 11.7. The molecule has 0 radical (unpaired) electrons.